The van der Waals surface area contributed by atoms with Gasteiger partial charge in [-0.1, -0.05) is 19.1 Å². The smallest absolute Gasteiger partial charge is 0.269 e. The Labute approximate surface area is 112 Å². The molecule has 0 bridgehead atoms. The summed E-state index contributed by atoms with van der Waals surface area (Å²) in [6.45, 7) is 5.13. The third kappa shape index (κ3) is 5.06. The topological polar surface area (TPSA) is 55.2 Å². The highest BCUT2D eigenvalue weighted by atomic mass is 32.2. The number of rotatable bonds is 8. The number of thioether (sulfide) groups is 1. The van der Waals surface area contributed by atoms with Gasteiger partial charge in [-0.15, -0.1) is 0 Å². The Morgan fingerprint density at radius 3 is 2.94 bits per heavy atom. The van der Waals surface area contributed by atoms with E-state index in [9.17, 15) is 10.1 Å². The molecule has 0 saturated heterocycles. The first-order chi connectivity index (χ1) is 8.65. The van der Waals surface area contributed by atoms with Gasteiger partial charge in [-0.05, 0) is 37.0 Å². The fourth-order valence-corrected chi connectivity index (χ4v) is 2.30. The number of hydrogen-bond acceptors (Lipinski definition) is 4. The highest BCUT2D eigenvalue weighted by Gasteiger charge is 2.09. The van der Waals surface area contributed by atoms with E-state index in [1.807, 2.05) is 24.8 Å². The van der Waals surface area contributed by atoms with Crippen LogP contribution in [0, 0.1) is 10.1 Å². The molecule has 0 radical (unpaired) electrons. The van der Waals surface area contributed by atoms with Crippen LogP contribution >= 0.6 is 11.8 Å². The molecule has 0 aliphatic carbocycles. The zero-order valence-corrected chi connectivity index (χ0v) is 11.7. The molecule has 0 aliphatic rings. The largest absolute Gasteiger partial charge is 0.310 e. The fourth-order valence-electron chi connectivity index (χ4n) is 1.66. The first-order valence-electron chi connectivity index (χ1n) is 6.20. The van der Waals surface area contributed by atoms with Crippen LogP contribution < -0.4 is 5.32 Å². The molecule has 0 amide bonds. The van der Waals surface area contributed by atoms with Gasteiger partial charge in [0.25, 0.3) is 5.69 Å². The van der Waals surface area contributed by atoms with Gasteiger partial charge < -0.3 is 5.32 Å². The lowest BCUT2D eigenvalue weighted by molar-refractivity contribution is -0.384. The molecule has 1 unspecified atom stereocenters. The van der Waals surface area contributed by atoms with Crippen LogP contribution in [-0.4, -0.2) is 23.0 Å². The van der Waals surface area contributed by atoms with E-state index in [2.05, 4.69) is 12.2 Å². The zero-order chi connectivity index (χ0) is 13.4. The van der Waals surface area contributed by atoms with Crippen molar-refractivity contribution in [3.63, 3.8) is 0 Å². The highest BCUT2D eigenvalue weighted by molar-refractivity contribution is 7.99. The lowest BCUT2D eigenvalue weighted by Gasteiger charge is -2.13. The number of benzene rings is 1. The number of nitro benzene ring substituents is 1. The first kappa shape index (κ1) is 15.0. The van der Waals surface area contributed by atoms with E-state index in [1.165, 1.54) is 6.07 Å². The predicted octanol–water partition coefficient (Wildman–Crippen LogP) is 3.39. The van der Waals surface area contributed by atoms with Gasteiger partial charge in [0, 0.05) is 18.2 Å². The van der Waals surface area contributed by atoms with Crippen LogP contribution in [0.3, 0.4) is 0 Å². The van der Waals surface area contributed by atoms with E-state index < -0.39 is 0 Å². The van der Waals surface area contributed by atoms with E-state index >= 15 is 0 Å². The van der Waals surface area contributed by atoms with E-state index in [0.29, 0.717) is 0 Å². The molecule has 18 heavy (non-hydrogen) atoms. The molecule has 0 fully saturated rings. The monoisotopic (exact) mass is 268 g/mol. The second kappa shape index (κ2) is 8.11. The van der Waals surface area contributed by atoms with Crippen molar-refractivity contribution in [3.05, 3.63) is 39.9 Å². The molecule has 0 aromatic heterocycles. The molecule has 1 aromatic rings. The lowest BCUT2D eigenvalue weighted by Crippen LogP contribution is -2.20. The molecule has 0 saturated carbocycles. The number of non-ortho nitro benzene ring substituents is 1. The Morgan fingerprint density at radius 2 is 2.28 bits per heavy atom. The second-order valence-electron chi connectivity index (χ2n) is 4.08. The SMILES string of the molecule is CCSCCCNC(C)c1cccc([N+](=O)[O-])c1. The average Bonchev–Trinajstić information content (AvgIpc) is 2.38. The van der Waals surface area contributed by atoms with Gasteiger partial charge in [0.2, 0.25) is 0 Å². The van der Waals surface area contributed by atoms with Crippen molar-refractivity contribution in [1.29, 1.82) is 0 Å². The van der Waals surface area contributed by atoms with Crippen molar-refractivity contribution >= 4 is 17.4 Å². The van der Waals surface area contributed by atoms with Crippen LogP contribution in [0.25, 0.3) is 0 Å². The van der Waals surface area contributed by atoms with Gasteiger partial charge in [-0.2, -0.15) is 11.8 Å². The molecule has 4 nitrogen and oxygen atoms in total. The Hall–Kier alpha value is -1.07. The fraction of sp³-hybridized carbons (Fsp3) is 0.538. The van der Waals surface area contributed by atoms with Crippen molar-refractivity contribution in [1.82, 2.24) is 5.32 Å². The normalized spacial score (nSPS) is 12.3. The van der Waals surface area contributed by atoms with Crippen LogP contribution in [0.4, 0.5) is 5.69 Å². The highest BCUT2D eigenvalue weighted by Crippen LogP contribution is 2.18. The van der Waals surface area contributed by atoms with Crippen molar-refractivity contribution < 1.29 is 4.92 Å². The average molecular weight is 268 g/mol. The minimum absolute atomic E-state index is 0.150. The summed E-state index contributed by atoms with van der Waals surface area (Å²) in [5, 5.41) is 14.1. The van der Waals surface area contributed by atoms with Crippen LogP contribution in [0.2, 0.25) is 0 Å². The summed E-state index contributed by atoms with van der Waals surface area (Å²) in [6, 6.07) is 6.97. The molecule has 1 aromatic carbocycles. The maximum absolute atomic E-state index is 10.7. The summed E-state index contributed by atoms with van der Waals surface area (Å²) in [4.78, 5) is 10.3. The van der Waals surface area contributed by atoms with Crippen LogP contribution in [0.1, 0.15) is 31.9 Å². The Bertz CT molecular complexity index is 385. The summed E-state index contributed by atoms with van der Waals surface area (Å²) >= 11 is 1.93. The van der Waals surface area contributed by atoms with E-state index in [4.69, 9.17) is 0 Å². The summed E-state index contributed by atoms with van der Waals surface area (Å²) in [5.74, 6) is 2.31. The first-order valence-corrected chi connectivity index (χ1v) is 7.36. The summed E-state index contributed by atoms with van der Waals surface area (Å²) in [6.07, 6.45) is 1.12. The molecule has 0 heterocycles. The predicted molar refractivity (Wildman–Crippen MR) is 77.1 cm³/mol. The van der Waals surface area contributed by atoms with Gasteiger partial charge >= 0.3 is 0 Å². The number of hydrogen-bond donors (Lipinski definition) is 1. The molecule has 1 atom stereocenters. The third-order valence-electron chi connectivity index (χ3n) is 2.70. The van der Waals surface area contributed by atoms with Crippen molar-refractivity contribution in [2.45, 2.75) is 26.3 Å². The van der Waals surface area contributed by atoms with Crippen LogP contribution in [0.15, 0.2) is 24.3 Å². The molecule has 1 rings (SSSR count). The molecule has 100 valence electrons. The van der Waals surface area contributed by atoms with Crippen LogP contribution in [0.5, 0.6) is 0 Å². The van der Waals surface area contributed by atoms with Gasteiger partial charge in [0.15, 0.2) is 0 Å². The second-order valence-corrected chi connectivity index (χ2v) is 5.47. The van der Waals surface area contributed by atoms with Crippen molar-refractivity contribution in [2.75, 3.05) is 18.1 Å². The molecular weight excluding hydrogens is 248 g/mol. The molecular formula is C13H20N2O2S. The van der Waals surface area contributed by atoms with Gasteiger partial charge in [0.1, 0.15) is 0 Å². The van der Waals surface area contributed by atoms with E-state index in [0.717, 1.165) is 30.0 Å². The number of nitro groups is 1. The molecule has 0 aliphatic heterocycles. The Kier molecular flexibility index (Phi) is 6.75. The Morgan fingerprint density at radius 1 is 1.50 bits per heavy atom. The van der Waals surface area contributed by atoms with Crippen molar-refractivity contribution in [2.24, 2.45) is 0 Å². The zero-order valence-electron chi connectivity index (χ0n) is 10.9. The van der Waals surface area contributed by atoms with Gasteiger partial charge in [0.05, 0.1) is 4.92 Å². The third-order valence-corrected chi connectivity index (χ3v) is 3.69. The van der Waals surface area contributed by atoms with Gasteiger partial charge in [-0.3, -0.25) is 10.1 Å². The number of nitrogens with one attached hydrogen (secondary N) is 1. The summed E-state index contributed by atoms with van der Waals surface area (Å²) < 4.78 is 0. The lowest BCUT2D eigenvalue weighted by atomic mass is 10.1. The number of nitrogens with zero attached hydrogens (tertiary/aromatic N) is 1. The minimum atomic E-state index is -0.353. The van der Waals surface area contributed by atoms with E-state index in [1.54, 1.807) is 12.1 Å². The maximum atomic E-state index is 10.7. The van der Waals surface area contributed by atoms with Gasteiger partial charge in [-0.25, -0.2) is 0 Å². The molecule has 0 spiro atoms. The minimum Gasteiger partial charge on any atom is -0.310 e. The summed E-state index contributed by atoms with van der Waals surface area (Å²) in [7, 11) is 0. The maximum Gasteiger partial charge on any atom is 0.269 e. The quantitative estimate of drug-likeness (QED) is 0.446. The molecule has 1 N–H and O–H groups in total. The van der Waals surface area contributed by atoms with E-state index in [-0.39, 0.29) is 16.7 Å². The standard InChI is InChI=1S/C13H20N2O2S/c1-3-18-9-5-8-14-11(2)12-6-4-7-13(10-12)15(16)17/h4,6-7,10-11,14H,3,5,8-9H2,1-2H3. The van der Waals surface area contributed by atoms with Crippen LogP contribution in [-0.2, 0) is 0 Å². The molecule has 5 heteroatoms. The Balaban J connectivity index is 2.43. The van der Waals surface area contributed by atoms with Crippen molar-refractivity contribution in [3.8, 4) is 0 Å². The summed E-state index contributed by atoms with van der Waals surface area (Å²) in [5.41, 5.74) is 1.12.